The van der Waals surface area contributed by atoms with Crippen molar-refractivity contribution in [3.05, 3.63) is 48.4 Å². The number of imide groups is 1. The van der Waals surface area contributed by atoms with Crippen LogP contribution in [0.15, 0.2) is 52.2 Å². The van der Waals surface area contributed by atoms with Gasteiger partial charge in [-0.2, -0.15) is 0 Å². The summed E-state index contributed by atoms with van der Waals surface area (Å²) in [6.45, 7) is 4.31. The highest BCUT2D eigenvalue weighted by Gasteiger charge is 2.20. The maximum atomic E-state index is 12.1. The molecule has 2 aromatic heterocycles. The Kier molecular flexibility index (Phi) is 6.49. The van der Waals surface area contributed by atoms with Gasteiger partial charge in [-0.15, -0.1) is 10.2 Å². The van der Waals surface area contributed by atoms with Gasteiger partial charge in [0.25, 0.3) is 0 Å². The topological polar surface area (TPSA) is 102 Å². The van der Waals surface area contributed by atoms with Crippen molar-refractivity contribution in [2.75, 3.05) is 12.3 Å². The number of nitrogens with zero attached hydrogens (tertiary/aromatic N) is 3. The Hall–Kier alpha value is -3.07. The molecular weight excluding hydrogens is 378 g/mol. The van der Waals surface area contributed by atoms with Crippen LogP contribution in [-0.4, -0.2) is 39.0 Å². The summed E-state index contributed by atoms with van der Waals surface area (Å²) in [6, 6.07) is 11.0. The Morgan fingerprint density at radius 3 is 2.64 bits per heavy atom. The third-order valence-corrected chi connectivity index (χ3v) is 4.80. The zero-order valence-corrected chi connectivity index (χ0v) is 16.5. The molecule has 2 N–H and O–H groups in total. The molecule has 0 spiro atoms. The molecule has 8 nitrogen and oxygen atoms in total. The average Bonchev–Trinajstić information content (AvgIpc) is 3.31. The van der Waals surface area contributed by atoms with Crippen molar-refractivity contribution in [3.8, 4) is 17.1 Å². The maximum absolute atomic E-state index is 12.1. The summed E-state index contributed by atoms with van der Waals surface area (Å²) in [7, 11) is 0. The van der Waals surface area contributed by atoms with E-state index >= 15 is 0 Å². The first-order valence-electron chi connectivity index (χ1n) is 8.86. The number of carbonyl (C=O) groups is 2. The van der Waals surface area contributed by atoms with Crippen LogP contribution in [0.4, 0.5) is 4.79 Å². The van der Waals surface area contributed by atoms with Gasteiger partial charge in [0.2, 0.25) is 5.91 Å². The highest BCUT2D eigenvalue weighted by Crippen LogP contribution is 2.30. The van der Waals surface area contributed by atoms with E-state index in [1.165, 1.54) is 11.8 Å². The van der Waals surface area contributed by atoms with E-state index in [0.717, 1.165) is 23.4 Å². The number of para-hydroxylation sites is 1. The van der Waals surface area contributed by atoms with Crippen LogP contribution in [0.25, 0.3) is 17.1 Å². The highest BCUT2D eigenvalue weighted by molar-refractivity contribution is 7.99. The number of rotatable bonds is 7. The van der Waals surface area contributed by atoms with E-state index in [-0.39, 0.29) is 5.75 Å². The first-order valence-corrected chi connectivity index (χ1v) is 9.84. The fourth-order valence-corrected chi connectivity index (χ4v) is 3.29. The van der Waals surface area contributed by atoms with Crippen molar-refractivity contribution in [2.45, 2.75) is 25.4 Å². The van der Waals surface area contributed by atoms with Crippen molar-refractivity contribution in [2.24, 2.45) is 0 Å². The zero-order valence-electron chi connectivity index (χ0n) is 15.6. The van der Waals surface area contributed by atoms with E-state index in [9.17, 15) is 9.59 Å². The van der Waals surface area contributed by atoms with Crippen LogP contribution in [0, 0.1) is 6.92 Å². The fourth-order valence-electron chi connectivity index (χ4n) is 2.54. The predicted octanol–water partition coefficient (Wildman–Crippen LogP) is 3.16. The number of aromatic nitrogens is 3. The van der Waals surface area contributed by atoms with E-state index < -0.39 is 11.9 Å². The molecule has 3 rings (SSSR count). The quantitative estimate of drug-likeness (QED) is 0.592. The number of carbonyl (C=O) groups excluding carboxylic acids is 2. The SMILES string of the molecule is CCCNC(=O)NC(=O)CSc1nnc(-c2ccoc2C)n1-c1ccccc1. The Balaban J connectivity index is 1.80. The number of amides is 3. The molecule has 0 saturated heterocycles. The van der Waals surface area contributed by atoms with Gasteiger partial charge in [0.15, 0.2) is 11.0 Å². The Bertz CT molecular complexity index is 952. The van der Waals surface area contributed by atoms with Crippen molar-refractivity contribution in [1.29, 1.82) is 0 Å². The summed E-state index contributed by atoms with van der Waals surface area (Å²) in [5.41, 5.74) is 1.69. The molecule has 0 unspecified atom stereocenters. The number of nitrogens with one attached hydrogen (secondary N) is 2. The molecule has 0 atom stereocenters. The number of hydrogen-bond acceptors (Lipinski definition) is 6. The summed E-state index contributed by atoms with van der Waals surface area (Å²) in [5, 5.41) is 14.0. The summed E-state index contributed by atoms with van der Waals surface area (Å²) in [5.74, 6) is 0.990. The van der Waals surface area contributed by atoms with Gasteiger partial charge in [-0.25, -0.2) is 4.79 Å². The molecule has 2 heterocycles. The van der Waals surface area contributed by atoms with Crippen LogP contribution in [0.1, 0.15) is 19.1 Å². The summed E-state index contributed by atoms with van der Waals surface area (Å²) in [6.07, 6.45) is 2.40. The summed E-state index contributed by atoms with van der Waals surface area (Å²) < 4.78 is 7.26. The normalized spacial score (nSPS) is 10.6. The molecule has 0 fully saturated rings. The van der Waals surface area contributed by atoms with Crippen molar-refractivity contribution >= 4 is 23.7 Å². The predicted molar refractivity (Wildman–Crippen MR) is 106 cm³/mol. The maximum Gasteiger partial charge on any atom is 0.321 e. The van der Waals surface area contributed by atoms with Gasteiger partial charge in [0.05, 0.1) is 17.6 Å². The van der Waals surface area contributed by atoms with Crippen molar-refractivity contribution in [3.63, 3.8) is 0 Å². The Labute approximate surface area is 166 Å². The monoisotopic (exact) mass is 399 g/mol. The van der Waals surface area contributed by atoms with Gasteiger partial charge in [0, 0.05) is 12.2 Å². The molecule has 1 aromatic carbocycles. The molecule has 0 saturated carbocycles. The van der Waals surface area contributed by atoms with E-state index in [1.54, 1.807) is 6.26 Å². The molecule has 146 valence electrons. The van der Waals surface area contributed by atoms with Gasteiger partial charge >= 0.3 is 6.03 Å². The lowest BCUT2D eigenvalue weighted by Gasteiger charge is -2.10. The van der Waals surface area contributed by atoms with Crippen LogP contribution < -0.4 is 10.6 Å². The number of hydrogen-bond donors (Lipinski definition) is 2. The Morgan fingerprint density at radius 1 is 1.18 bits per heavy atom. The number of benzene rings is 1. The lowest BCUT2D eigenvalue weighted by atomic mass is 10.2. The smallest absolute Gasteiger partial charge is 0.321 e. The third kappa shape index (κ3) is 4.61. The molecule has 3 amide bonds. The van der Waals surface area contributed by atoms with Crippen molar-refractivity contribution < 1.29 is 14.0 Å². The molecule has 28 heavy (non-hydrogen) atoms. The second-order valence-electron chi connectivity index (χ2n) is 5.96. The minimum atomic E-state index is -0.494. The molecule has 0 radical (unpaired) electrons. The first kappa shape index (κ1) is 19.7. The van der Waals surface area contributed by atoms with Crippen LogP contribution in [-0.2, 0) is 4.79 Å². The molecule has 9 heteroatoms. The third-order valence-electron chi connectivity index (χ3n) is 3.87. The minimum Gasteiger partial charge on any atom is -0.469 e. The molecule has 0 aliphatic rings. The zero-order chi connectivity index (χ0) is 19.9. The van der Waals surface area contributed by atoms with Gasteiger partial charge in [-0.3, -0.25) is 14.7 Å². The molecule has 0 bridgehead atoms. The number of thioether (sulfide) groups is 1. The van der Waals surface area contributed by atoms with Crippen molar-refractivity contribution in [1.82, 2.24) is 25.4 Å². The van der Waals surface area contributed by atoms with Gasteiger partial charge < -0.3 is 9.73 Å². The van der Waals surface area contributed by atoms with E-state index in [4.69, 9.17) is 4.42 Å². The molecule has 3 aromatic rings. The lowest BCUT2D eigenvalue weighted by molar-refractivity contribution is -0.117. The van der Waals surface area contributed by atoms with Crippen LogP contribution >= 0.6 is 11.8 Å². The molecular formula is C19H21N5O3S. The number of aryl methyl sites for hydroxylation is 1. The molecule has 0 aliphatic carbocycles. The van der Waals surface area contributed by atoms with Crippen LogP contribution in [0.2, 0.25) is 0 Å². The number of furan rings is 1. The van der Waals surface area contributed by atoms with E-state index in [1.807, 2.05) is 54.8 Å². The second-order valence-corrected chi connectivity index (χ2v) is 6.90. The Morgan fingerprint density at radius 2 is 1.96 bits per heavy atom. The lowest BCUT2D eigenvalue weighted by Crippen LogP contribution is -2.40. The number of urea groups is 1. The molecule has 0 aliphatic heterocycles. The van der Waals surface area contributed by atoms with E-state index in [2.05, 4.69) is 20.8 Å². The average molecular weight is 399 g/mol. The minimum absolute atomic E-state index is 0.0366. The van der Waals surface area contributed by atoms with Crippen LogP contribution in [0.5, 0.6) is 0 Å². The van der Waals surface area contributed by atoms with Gasteiger partial charge in [0.1, 0.15) is 5.76 Å². The second kappa shape index (κ2) is 9.23. The first-order chi connectivity index (χ1) is 13.6. The standard InChI is InChI=1S/C19H21N5O3S/c1-3-10-20-18(26)21-16(25)12-28-19-23-22-17(15-9-11-27-13(15)2)24(19)14-7-5-4-6-8-14/h4-9,11H,3,10,12H2,1-2H3,(H2,20,21,25,26). The largest absolute Gasteiger partial charge is 0.469 e. The van der Waals surface area contributed by atoms with Gasteiger partial charge in [-0.1, -0.05) is 36.9 Å². The van der Waals surface area contributed by atoms with Crippen LogP contribution in [0.3, 0.4) is 0 Å². The van der Waals surface area contributed by atoms with Gasteiger partial charge in [-0.05, 0) is 31.5 Å². The fraction of sp³-hybridized carbons (Fsp3) is 0.263. The highest BCUT2D eigenvalue weighted by atomic mass is 32.2. The summed E-state index contributed by atoms with van der Waals surface area (Å²) in [4.78, 5) is 23.7. The summed E-state index contributed by atoms with van der Waals surface area (Å²) >= 11 is 1.21. The van der Waals surface area contributed by atoms with E-state index in [0.29, 0.717) is 17.5 Å².